The standard InChI is InChI=1S/C85H46F8N6/c86-80-79(81(87)83(89)84(90)82(80)88)78-76(98-72-43-48(94-64-25-9-1-17-52(64)53-18-2-10-26-65(53)94)33-37-60(72)61-38-34-49(44-73(61)98)95-66-27-11-3-19-54(66)55-20-4-12-28-67(55)95)41-47(85(91,92)93)42-77(78)99-74-45-50(96-68-29-13-5-21-56(68)57-22-6-14-30-69(57)96)35-39-62(74)63-40-36-51(46-75(63)99)97-70-31-15-7-23-58(70)59-24-8-16-32-71(59)97/h1-46H. The molecule has 0 unspecified atom stereocenters. The Morgan fingerprint density at radius 1 is 0.192 bits per heavy atom. The summed E-state index contributed by atoms with van der Waals surface area (Å²) >= 11 is 0. The zero-order valence-electron chi connectivity index (χ0n) is 51.8. The fourth-order valence-corrected chi connectivity index (χ4v) is 16.1. The van der Waals surface area contributed by atoms with Gasteiger partial charge in [0.1, 0.15) is 0 Å². The number of alkyl halides is 3. The maximum absolute atomic E-state index is 18.1. The zero-order valence-corrected chi connectivity index (χ0v) is 51.8. The average Bonchev–Trinajstić information content (AvgIpc) is 1.63. The lowest BCUT2D eigenvalue weighted by Gasteiger charge is -2.24. The SMILES string of the molecule is Fc1c(F)c(F)c(-c2c(-n3c4cc(-n5c6ccccc6c6ccccc65)ccc4c4ccc(-n5c6ccccc6c6ccccc65)cc43)cc(C(F)(F)F)cc2-n2c3cc(-n4c5ccccc5c5ccccc54)ccc3c3ccc(-n4c5ccccc5c5ccccc54)cc32)c(F)c1F. The van der Waals surface area contributed by atoms with E-state index in [0.717, 1.165) is 99.4 Å². The second kappa shape index (κ2) is 20.7. The van der Waals surface area contributed by atoms with Crippen LogP contribution in [0.5, 0.6) is 0 Å². The monoisotopic (exact) mass is 1300 g/mol. The molecule has 6 aromatic heterocycles. The smallest absolute Gasteiger partial charge is 0.309 e. The molecule has 0 N–H and O–H groups in total. The lowest BCUT2D eigenvalue weighted by atomic mass is 9.96. The van der Waals surface area contributed by atoms with Gasteiger partial charge in [0.25, 0.3) is 0 Å². The highest BCUT2D eigenvalue weighted by molar-refractivity contribution is 6.17. The number of hydrogen-bond acceptors (Lipinski definition) is 0. The van der Waals surface area contributed by atoms with Crippen LogP contribution in [0.2, 0.25) is 0 Å². The van der Waals surface area contributed by atoms with E-state index in [0.29, 0.717) is 44.3 Å². The Balaban J connectivity index is 0.986. The van der Waals surface area contributed by atoms with Crippen molar-refractivity contribution in [3.05, 3.63) is 314 Å². The van der Waals surface area contributed by atoms with E-state index in [9.17, 15) is 0 Å². The Hall–Kier alpha value is -12.7. The van der Waals surface area contributed by atoms with Gasteiger partial charge in [-0.1, -0.05) is 170 Å². The maximum Gasteiger partial charge on any atom is 0.416 e. The Kier molecular flexibility index (Phi) is 11.8. The first-order chi connectivity index (χ1) is 48.4. The quantitative estimate of drug-likeness (QED) is 0.0865. The summed E-state index contributed by atoms with van der Waals surface area (Å²) in [7, 11) is 0. The van der Waals surface area contributed by atoms with E-state index >= 15 is 35.1 Å². The van der Waals surface area contributed by atoms with Crippen molar-refractivity contribution in [2.45, 2.75) is 6.18 Å². The summed E-state index contributed by atoms with van der Waals surface area (Å²) in [4.78, 5) is 0. The number of para-hydroxylation sites is 8. The fraction of sp³-hybridized carbons (Fsp3) is 0.0118. The summed E-state index contributed by atoms with van der Waals surface area (Å²) in [6, 6.07) is 86.5. The van der Waals surface area contributed by atoms with Gasteiger partial charge in [0.15, 0.2) is 23.3 Å². The van der Waals surface area contributed by atoms with Crippen molar-refractivity contribution in [3.63, 3.8) is 0 Å². The molecule has 0 radical (unpaired) electrons. The third kappa shape index (κ3) is 7.93. The van der Waals surface area contributed by atoms with Gasteiger partial charge in [0.2, 0.25) is 5.82 Å². The van der Waals surface area contributed by atoms with E-state index in [-0.39, 0.29) is 22.1 Å². The Labute approximate surface area is 555 Å². The fourth-order valence-electron chi connectivity index (χ4n) is 16.1. The predicted octanol–water partition coefficient (Wildman–Crippen LogP) is 23.7. The van der Waals surface area contributed by atoms with E-state index in [1.54, 1.807) is 0 Å². The molecule has 6 nitrogen and oxygen atoms in total. The molecule has 0 amide bonds. The van der Waals surface area contributed by atoms with Crippen molar-refractivity contribution >= 4 is 131 Å². The normalized spacial score (nSPS) is 12.4. The molecule has 6 heterocycles. The summed E-state index contributed by atoms with van der Waals surface area (Å²) < 4.78 is 148. The number of fused-ring (bicyclic) bond motifs is 18. The molecule has 20 rings (SSSR count). The lowest BCUT2D eigenvalue weighted by Crippen LogP contribution is -2.13. The van der Waals surface area contributed by atoms with Crippen LogP contribution in [-0.4, -0.2) is 27.4 Å². The van der Waals surface area contributed by atoms with Crippen LogP contribution in [0.25, 0.3) is 176 Å². The molecule has 0 aliphatic rings. The number of nitrogens with zero attached hydrogens (tertiary/aromatic N) is 6. The molecule has 0 bridgehead atoms. The minimum absolute atomic E-state index is 0.253. The van der Waals surface area contributed by atoms with Crippen LogP contribution < -0.4 is 0 Å². The van der Waals surface area contributed by atoms with Crippen molar-refractivity contribution in [1.82, 2.24) is 27.4 Å². The topological polar surface area (TPSA) is 29.6 Å². The van der Waals surface area contributed by atoms with Crippen molar-refractivity contribution in [2.75, 3.05) is 0 Å². The lowest BCUT2D eigenvalue weighted by molar-refractivity contribution is -0.137. The van der Waals surface area contributed by atoms with Crippen molar-refractivity contribution in [3.8, 4) is 45.3 Å². The highest BCUT2D eigenvalue weighted by atomic mass is 19.4. The van der Waals surface area contributed by atoms with E-state index in [2.05, 4.69) is 0 Å². The first kappa shape index (κ1) is 56.6. The van der Waals surface area contributed by atoms with Crippen LogP contribution in [0.4, 0.5) is 35.1 Å². The molecule has 0 aliphatic carbocycles. The molecule has 20 aromatic rings. The predicted molar refractivity (Wildman–Crippen MR) is 383 cm³/mol. The van der Waals surface area contributed by atoms with Gasteiger partial charge in [-0.15, -0.1) is 0 Å². The van der Waals surface area contributed by atoms with Crippen LogP contribution in [0.15, 0.2) is 279 Å². The van der Waals surface area contributed by atoms with Gasteiger partial charge in [0.05, 0.1) is 88.7 Å². The molecule has 0 fully saturated rings. The van der Waals surface area contributed by atoms with E-state index in [4.69, 9.17) is 0 Å². The molecule has 0 spiro atoms. The van der Waals surface area contributed by atoms with Crippen LogP contribution >= 0.6 is 0 Å². The summed E-state index contributed by atoms with van der Waals surface area (Å²) in [6.45, 7) is 0. The van der Waals surface area contributed by atoms with Crippen molar-refractivity contribution < 1.29 is 35.1 Å². The van der Waals surface area contributed by atoms with Gasteiger partial charge in [-0.25, -0.2) is 22.0 Å². The van der Waals surface area contributed by atoms with Gasteiger partial charge < -0.3 is 27.4 Å². The van der Waals surface area contributed by atoms with E-state index < -0.39 is 63.3 Å². The molecule has 0 saturated heterocycles. The van der Waals surface area contributed by atoms with Crippen LogP contribution in [0.3, 0.4) is 0 Å². The summed E-state index contributed by atoms with van der Waals surface area (Å²) in [5.74, 6) is -11.5. The highest BCUT2D eigenvalue weighted by Crippen LogP contribution is 2.50. The summed E-state index contributed by atoms with van der Waals surface area (Å²) in [5.41, 5.74) is 5.24. The van der Waals surface area contributed by atoms with Crippen molar-refractivity contribution in [1.29, 1.82) is 0 Å². The maximum atomic E-state index is 18.1. The van der Waals surface area contributed by atoms with Crippen LogP contribution in [-0.2, 0) is 6.18 Å². The summed E-state index contributed by atoms with van der Waals surface area (Å²) in [5, 5.41) is 9.44. The third-order valence-corrected chi connectivity index (χ3v) is 20.2. The number of rotatable bonds is 7. The highest BCUT2D eigenvalue weighted by Gasteiger charge is 2.38. The molecule has 472 valence electrons. The van der Waals surface area contributed by atoms with E-state index in [1.807, 2.05) is 285 Å². The zero-order chi connectivity index (χ0) is 66.4. The van der Waals surface area contributed by atoms with Crippen LogP contribution in [0.1, 0.15) is 5.56 Å². The first-order valence-corrected chi connectivity index (χ1v) is 32.3. The third-order valence-electron chi connectivity index (χ3n) is 20.2. The molecule has 14 heteroatoms. The minimum atomic E-state index is -5.22. The Morgan fingerprint density at radius 3 is 0.616 bits per heavy atom. The van der Waals surface area contributed by atoms with Gasteiger partial charge in [0, 0.05) is 92.9 Å². The Morgan fingerprint density at radius 2 is 0.394 bits per heavy atom. The second-order valence-electron chi connectivity index (χ2n) is 25.3. The van der Waals surface area contributed by atoms with Crippen molar-refractivity contribution in [2.24, 2.45) is 0 Å². The molecule has 0 aliphatic heterocycles. The number of hydrogen-bond donors (Lipinski definition) is 0. The van der Waals surface area contributed by atoms with Gasteiger partial charge >= 0.3 is 6.18 Å². The molecular formula is C85H46F8N6. The molecule has 0 atom stereocenters. The Bertz CT molecular complexity index is 5980. The average molecular weight is 1300 g/mol. The molecule has 14 aromatic carbocycles. The van der Waals surface area contributed by atoms with E-state index in [1.165, 1.54) is 9.13 Å². The number of aromatic nitrogens is 6. The molecular weight excluding hydrogens is 1260 g/mol. The largest absolute Gasteiger partial charge is 0.416 e. The van der Waals surface area contributed by atoms with Gasteiger partial charge in [-0.05, 0) is 109 Å². The number of benzene rings is 14. The number of halogens is 8. The molecule has 99 heavy (non-hydrogen) atoms. The van der Waals surface area contributed by atoms with Gasteiger partial charge in [-0.3, -0.25) is 0 Å². The molecule has 0 saturated carbocycles. The van der Waals surface area contributed by atoms with Gasteiger partial charge in [-0.2, -0.15) is 13.2 Å². The summed E-state index contributed by atoms with van der Waals surface area (Å²) in [6.07, 6.45) is -5.22. The second-order valence-corrected chi connectivity index (χ2v) is 25.3. The first-order valence-electron chi connectivity index (χ1n) is 32.3. The van der Waals surface area contributed by atoms with Crippen LogP contribution in [0, 0.1) is 29.1 Å². The minimum Gasteiger partial charge on any atom is -0.309 e.